The molecule has 2 aromatic carbocycles. The number of benzene rings is 2. The molecule has 0 heterocycles. The average molecular weight is 599 g/mol. The number of ether oxygens (including phenoxy) is 2. The summed E-state index contributed by atoms with van der Waals surface area (Å²) in [5.41, 5.74) is 4.08. The van der Waals surface area contributed by atoms with Crippen LogP contribution in [0.4, 0.5) is 28.9 Å². The highest BCUT2D eigenvalue weighted by molar-refractivity contribution is 8.09. The molecule has 218 valence electrons. The average Bonchev–Trinajstić information content (AvgIpc) is 2.80. The van der Waals surface area contributed by atoms with Crippen molar-refractivity contribution in [2.75, 3.05) is 29.6 Å². The van der Waals surface area contributed by atoms with Crippen molar-refractivity contribution in [3.8, 4) is 11.5 Å². The van der Waals surface area contributed by atoms with Gasteiger partial charge < -0.3 is 15.2 Å². The van der Waals surface area contributed by atoms with Gasteiger partial charge in [0.1, 0.15) is 11.4 Å². The fourth-order valence-corrected chi connectivity index (χ4v) is 7.66. The predicted molar refractivity (Wildman–Crippen MR) is 138 cm³/mol. The first-order valence-corrected chi connectivity index (χ1v) is 14.8. The first-order chi connectivity index (χ1) is 17.9. The molecule has 2 rings (SSSR count). The number of halogens is 4. The van der Waals surface area contributed by atoms with Crippen LogP contribution in [0.1, 0.15) is 49.5 Å². The minimum absolute atomic E-state index is 0.00410. The topological polar surface area (TPSA) is 142 Å². The molecule has 39 heavy (non-hydrogen) atoms. The summed E-state index contributed by atoms with van der Waals surface area (Å²) in [7, 11) is -9.55. The number of nitrogens with one attached hydrogen (secondary N) is 1. The lowest BCUT2D eigenvalue weighted by Crippen LogP contribution is -2.37. The quantitative estimate of drug-likeness (QED) is 0.202. The standard InChI is InChI=1S/C24H30F4N2O7S2/c1-14-18(9-7-16(29)20(14)23(31)37-24(2,3)4)36-22-15(27)6-8-17(21(22)28)30-39(34,35)19(10-12-26)38(32,33)13-5-11-25/h6-9,19,30H,5,10-13,29H2,1-4H3. The van der Waals surface area contributed by atoms with Crippen molar-refractivity contribution >= 4 is 37.2 Å². The molecule has 0 aromatic heterocycles. The van der Waals surface area contributed by atoms with Crippen LogP contribution < -0.4 is 15.2 Å². The highest BCUT2D eigenvalue weighted by atomic mass is 32.3. The first-order valence-electron chi connectivity index (χ1n) is 11.6. The number of carbonyl (C=O) groups excluding carboxylic acids is 1. The lowest BCUT2D eigenvalue weighted by molar-refractivity contribution is 0.00696. The van der Waals surface area contributed by atoms with Crippen molar-refractivity contribution in [1.29, 1.82) is 0 Å². The van der Waals surface area contributed by atoms with E-state index in [1.807, 2.05) is 0 Å². The molecule has 0 spiro atoms. The van der Waals surface area contributed by atoms with Crippen molar-refractivity contribution in [3.63, 3.8) is 0 Å². The Labute approximate surface area is 224 Å². The van der Waals surface area contributed by atoms with Gasteiger partial charge in [-0.2, -0.15) is 0 Å². The SMILES string of the molecule is Cc1c(Oc2c(F)ccc(NS(=O)(=O)C(CCF)S(=O)(=O)CCCF)c2F)ccc(N)c1C(=O)OC(C)(C)C. The van der Waals surface area contributed by atoms with Crippen LogP contribution in [0.3, 0.4) is 0 Å². The van der Waals surface area contributed by atoms with Crippen LogP contribution >= 0.6 is 0 Å². The molecule has 0 aliphatic heterocycles. The zero-order valence-electron chi connectivity index (χ0n) is 21.7. The number of anilines is 2. The van der Waals surface area contributed by atoms with Crippen LogP contribution in [0, 0.1) is 18.6 Å². The second-order valence-corrected chi connectivity index (χ2v) is 13.9. The molecular weight excluding hydrogens is 568 g/mol. The first kappa shape index (κ1) is 32.1. The molecule has 9 nitrogen and oxygen atoms in total. The molecule has 1 atom stereocenters. The van der Waals surface area contributed by atoms with Crippen molar-refractivity contribution in [2.45, 2.75) is 50.7 Å². The van der Waals surface area contributed by atoms with Gasteiger partial charge in [0.05, 0.1) is 30.4 Å². The second-order valence-electron chi connectivity index (χ2n) is 9.46. The number of rotatable bonds is 12. The summed E-state index contributed by atoms with van der Waals surface area (Å²) < 4.78 is 116. The van der Waals surface area contributed by atoms with E-state index < -0.39 is 91.0 Å². The van der Waals surface area contributed by atoms with Crippen LogP contribution in [-0.2, 0) is 24.6 Å². The molecule has 0 amide bonds. The summed E-state index contributed by atoms with van der Waals surface area (Å²) in [6, 6.07) is 3.80. The van der Waals surface area contributed by atoms with E-state index in [-0.39, 0.29) is 22.6 Å². The number of sulfonamides is 1. The smallest absolute Gasteiger partial charge is 0.341 e. The summed E-state index contributed by atoms with van der Waals surface area (Å²) in [4.78, 5) is 12.6. The molecule has 15 heteroatoms. The molecule has 2 aromatic rings. The Hall–Kier alpha value is -3.07. The lowest BCUT2D eigenvalue weighted by atomic mass is 10.0. The number of alkyl halides is 2. The summed E-state index contributed by atoms with van der Waals surface area (Å²) in [5, 5.41) is 0. The predicted octanol–water partition coefficient (Wildman–Crippen LogP) is 4.80. The molecule has 3 N–H and O–H groups in total. The van der Waals surface area contributed by atoms with Gasteiger partial charge in [0.15, 0.2) is 26.1 Å². The van der Waals surface area contributed by atoms with Gasteiger partial charge in [0.25, 0.3) is 0 Å². The third-order valence-electron chi connectivity index (χ3n) is 5.22. The number of nitrogen functional groups attached to an aromatic ring is 1. The highest BCUT2D eigenvalue weighted by Crippen LogP contribution is 2.37. The monoisotopic (exact) mass is 598 g/mol. The molecule has 1 unspecified atom stereocenters. The molecule has 0 fully saturated rings. The minimum Gasteiger partial charge on any atom is -0.456 e. The maximum Gasteiger partial charge on any atom is 0.341 e. The van der Waals surface area contributed by atoms with Crippen LogP contribution in [0.25, 0.3) is 0 Å². The maximum absolute atomic E-state index is 15.3. The van der Waals surface area contributed by atoms with Gasteiger partial charge in [-0.15, -0.1) is 0 Å². The zero-order valence-corrected chi connectivity index (χ0v) is 23.3. The Morgan fingerprint density at radius 3 is 2.26 bits per heavy atom. The normalized spacial score (nSPS) is 13.1. The third kappa shape index (κ3) is 7.97. The second kappa shape index (κ2) is 12.4. The van der Waals surface area contributed by atoms with E-state index >= 15 is 4.39 Å². The van der Waals surface area contributed by atoms with Gasteiger partial charge in [-0.25, -0.2) is 30.4 Å². The summed E-state index contributed by atoms with van der Waals surface area (Å²) >= 11 is 0. The lowest BCUT2D eigenvalue weighted by Gasteiger charge is -2.22. The molecule has 0 radical (unpaired) electrons. The molecule has 0 bridgehead atoms. The van der Waals surface area contributed by atoms with Crippen LogP contribution in [0.15, 0.2) is 24.3 Å². The van der Waals surface area contributed by atoms with Crippen molar-refractivity contribution < 1.29 is 48.7 Å². The number of hydrogen-bond donors (Lipinski definition) is 2. The van der Waals surface area contributed by atoms with E-state index in [2.05, 4.69) is 0 Å². The van der Waals surface area contributed by atoms with Crippen LogP contribution in [0.5, 0.6) is 11.5 Å². The number of carbonyl (C=O) groups is 1. The summed E-state index contributed by atoms with van der Waals surface area (Å²) in [5.74, 6) is -5.83. The molecule has 0 aliphatic rings. The van der Waals surface area contributed by atoms with Gasteiger partial charge >= 0.3 is 5.97 Å². The fourth-order valence-electron chi connectivity index (χ4n) is 3.46. The molecular formula is C24H30F4N2O7S2. The van der Waals surface area contributed by atoms with E-state index in [9.17, 15) is 34.8 Å². The Kier molecular flexibility index (Phi) is 10.2. The van der Waals surface area contributed by atoms with Gasteiger partial charge in [-0.05, 0) is 58.4 Å². The Balaban J connectivity index is 2.49. The van der Waals surface area contributed by atoms with E-state index in [1.165, 1.54) is 19.1 Å². The molecule has 0 aliphatic carbocycles. The minimum atomic E-state index is -5.00. The maximum atomic E-state index is 15.3. The van der Waals surface area contributed by atoms with Gasteiger partial charge in [-0.3, -0.25) is 13.5 Å². The molecule has 0 saturated heterocycles. The van der Waals surface area contributed by atoms with Gasteiger partial charge in [0, 0.05) is 17.7 Å². The molecule has 0 saturated carbocycles. The van der Waals surface area contributed by atoms with E-state index in [0.29, 0.717) is 12.1 Å². The number of hydrogen-bond acceptors (Lipinski definition) is 8. The Morgan fingerprint density at radius 2 is 1.69 bits per heavy atom. The Morgan fingerprint density at radius 1 is 1.05 bits per heavy atom. The van der Waals surface area contributed by atoms with Crippen molar-refractivity contribution in [3.05, 3.63) is 47.0 Å². The summed E-state index contributed by atoms with van der Waals surface area (Å²) in [6.07, 6.45) is -1.51. The number of nitrogens with two attached hydrogens (primary N) is 1. The van der Waals surface area contributed by atoms with Crippen LogP contribution in [-0.4, -0.2) is 52.1 Å². The van der Waals surface area contributed by atoms with E-state index in [4.69, 9.17) is 15.2 Å². The zero-order chi connectivity index (χ0) is 29.8. The third-order valence-corrected chi connectivity index (χ3v) is 10.2. The van der Waals surface area contributed by atoms with Crippen molar-refractivity contribution in [2.24, 2.45) is 0 Å². The van der Waals surface area contributed by atoms with E-state index in [1.54, 1.807) is 25.5 Å². The van der Waals surface area contributed by atoms with Crippen molar-refractivity contribution in [1.82, 2.24) is 0 Å². The van der Waals surface area contributed by atoms with E-state index in [0.717, 1.165) is 0 Å². The largest absolute Gasteiger partial charge is 0.456 e. The number of esters is 1. The Bertz CT molecular complexity index is 1430. The fraction of sp³-hybridized carbons (Fsp3) is 0.458. The number of sulfone groups is 1. The van der Waals surface area contributed by atoms with Gasteiger partial charge in [0.2, 0.25) is 15.8 Å². The highest BCUT2D eigenvalue weighted by Gasteiger charge is 2.38. The van der Waals surface area contributed by atoms with Crippen LogP contribution in [0.2, 0.25) is 0 Å². The summed E-state index contributed by atoms with van der Waals surface area (Å²) in [6.45, 7) is 3.85. The van der Waals surface area contributed by atoms with Gasteiger partial charge in [-0.1, -0.05) is 0 Å².